The van der Waals surface area contributed by atoms with Gasteiger partial charge in [0, 0.05) is 7.11 Å². The van der Waals surface area contributed by atoms with E-state index >= 15 is 0 Å². The van der Waals surface area contributed by atoms with Crippen LogP contribution in [-0.4, -0.2) is 44.6 Å². The van der Waals surface area contributed by atoms with Gasteiger partial charge in [-0.05, 0) is 117 Å². The molecule has 1 unspecified atom stereocenters. The minimum absolute atomic E-state index is 0.467. The van der Waals surface area contributed by atoms with E-state index in [1.807, 2.05) is 11.7 Å². The minimum Gasteiger partial charge on any atom is -0.387 e. The second-order valence-electron chi connectivity index (χ2n) is 11.9. The molecule has 174 valence electrons. The fraction of sp³-hybridized carbons (Fsp3) is 0.960. The third-order valence-corrected chi connectivity index (χ3v) is 10.3. The number of ether oxygens (including phenoxy) is 1. The Kier molecular flexibility index (Phi) is 5.69. The number of rotatable bonds is 5. The number of tetrazole rings is 1. The summed E-state index contributed by atoms with van der Waals surface area (Å²) in [5.74, 6) is 6.33. The Labute approximate surface area is 187 Å². The molecule has 0 aliphatic heterocycles. The van der Waals surface area contributed by atoms with Crippen LogP contribution in [0.25, 0.3) is 0 Å². The molecule has 1 N–H and O–H groups in total. The Bertz CT molecular complexity index is 783. The van der Waals surface area contributed by atoms with E-state index < -0.39 is 5.60 Å². The van der Waals surface area contributed by atoms with E-state index in [-0.39, 0.29) is 0 Å². The number of hydrogen-bond acceptors (Lipinski definition) is 5. The van der Waals surface area contributed by atoms with Crippen LogP contribution in [0.15, 0.2) is 0 Å². The van der Waals surface area contributed by atoms with Crippen LogP contribution in [0.5, 0.6) is 0 Å². The molecule has 4 aliphatic rings. The number of aryl methyl sites for hydroxylation is 1. The largest absolute Gasteiger partial charge is 0.387 e. The van der Waals surface area contributed by atoms with Crippen LogP contribution < -0.4 is 0 Å². The maximum absolute atomic E-state index is 11.0. The maximum Gasteiger partial charge on any atom is 0.171 e. The van der Waals surface area contributed by atoms with Crippen molar-refractivity contribution in [3.63, 3.8) is 0 Å². The summed E-state index contributed by atoms with van der Waals surface area (Å²) in [7, 11) is 1.72. The molecule has 0 saturated heterocycles. The summed E-state index contributed by atoms with van der Waals surface area (Å²) in [5.41, 5.74) is -0.109. The molecule has 4 aliphatic carbocycles. The van der Waals surface area contributed by atoms with Crippen molar-refractivity contribution in [3.05, 3.63) is 5.82 Å². The molecule has 9 atom stereocenters. The lowest BCUT2D eigenvalue weighted by Crippen LogP contribution is -2.52. The van der Waals surface area contributed by atoms with E-state index in [0.29, 0.717) is 23.9 Å². The average molecular weight is 431 g/mol. The Morgan fingerprint density at radius 1 is 1.10 bits per heavy atom. The van der Waals surface area contributed by atoms with Crippen molar-refractivity contribution >= 4 is 0 Å². The number of aliphatic hydroxyl groups is 1. The van der Waals surface area contributed by atoms with E-state index in [2.05, 4.69) is 29.3 Å². The molecule has 0 radical (unpaired) electrons. The third kappa shape index (κ3) is 3.76. The van der Waals surface area contributed by atoms with Gasteiger partial charge >= 0.3 is 0 Å². The smallest absolute Gasteiger partial charge is 0.171 e. The molecule has 5 rings (SSSR count). The predicted molar refractivity (Wildman–Crippen MR) is 119 cm³/mol. The van der Waals surface area contributed by atoms with Gasteiger partial charge in [0.2, 0.25) is 0 Å². The first-order valence-electron chi connectivity index (χ1n) is 12.8. The summed E-state index contributed by atoms with van der Waals surface area (Å²) in [6.45, 7) is 8.35. The highest BCUT2D eigenvalue weighted by molar-refractivity contribution is 5.07. The zero-order valence-electron chi connectivity index (χ0n) is 20.0. The summed E-state index contributed by atoms with van der Waals surface area (Å²) in [6.07, 6.45) is 11.3. The SMILES string of the molecule is COC[C@@]1(O)CC[C@H]2[C@H](CC[C@@H]3[C@@H]2CC[C@]2(C)[C@@H](C(C)Cn4nnc(C)n4)CC[C@@H]32)C1. The summed E-state index contributed by atoms with van der Waals surface area (Å²) in [6, 6.07) is 0. The summed E-state index contributed by atoms with van der Waals surface area (Å²) in [4.78, 5) is 1.82. The summed E-state index contributed by atoms with van der Waals surface area (Å²) in [5, 5.41) is 23.7. The third-order valence-electron chi connectivity index (χ3n) is 10.3. The highest BCUT2D eigenvalue weighted by Crippen LogP contribution is 2.65. The highest BCUT2D eigenvalue weighted by atomic mass is 16.5. The van der Waals surface area contributed by atoms with Crippen molar-refractivity contribution in [3.8, 4) is 0 Å². The van der Waals surface area contributed by atoms with Crippen molar-refractivity contribution in [1.29, 1.82) is 0 Å². The lowest BCUT2D eigenvalue weighted by molar-refractivity contribution is -0.126. The predicted octanol–water partition coefficient (Wildman–Crippen LogP) is 4.26. The van der Waals surface area contributed by atoms with E-state index in [1.165, 1.54) is 44.9 Å². The summed E-state index contributed by atoms with van der Waals surface area (Å²) < 4.78 is 5.35. The second-order valence-corrected chi connectivity index (χ2v) is 11.9. The first-order valence-corrected chi connectivity index (χ1v) is 12.8. The van der Waals surface area contributed by atoms with Gasteiger partial charge in [-0.1, -0.05) is 13.8 Å². The van der Waals surface area contributed by atoms with Gasteiger partial charge in [0.05, 0.1) is 18.8 Å². The molecule has 1 aromatic heterocycles. The van der Waals surface area contributed by atoms with Crippen LogP contribution in [0.2, 0.25) is 0 Å². The molecule has 0 spiro atoms. The first kappa shape index (κ1) is 21.8. The molecular formula is C25H42N4O2. The van der Waals surface area contributed by atoms with Crippen molar-refractivity contribution in [2.75, 3.05) is 13.7 Å². The van der Waals surface area contributed by atoms with Gasteiger partial charge in [-0.25, -0.2) is 0 Å². The van der Waals surface area contributed by atoms with Gasteiger partial charge in [-0.3, -0.25) is 0 Å². The first-order chi connectivity index (χ1) is 14.8. The normalized spacial score (nSPS) is 45.6. The van der Waals surface area contributed by atoms with Crippen molar-refractivity contribution in [1.82, 2.24) is 20.2 Å². The van der Waals surface area contributed by atoms with Gasteiger partial charge in [-0.15, -0.1) is 10.2 Å². The van der Waals surface area contributed by atoms with Gasteiger partial charge in [-0.2, -0.15) is 4.80 Å². The molecule has 1 aromatic rings. The van der Waals surface area contributed by atoms with E-state index in [4.69, 9.17) is 4.74 Å². The molecule has 0 amide bonds. The van der Waals surface area contributed by atoms with E-state index in [9.17, 15) is 5.11 Å². The second kappa shape index (κ2) is 8.09. The number of methoxy groups -OCH3 is 1. The molecule has 6 heteroatoms. The number of hydrogen-bond donors (Lipinski definition) is 1. The Morgan fingerprint density at radius 3 is 2.65 bits per heavy atom. The molecule has 0 bridgehead atoms. The van der Waals surface area contributed by atoms with Crippen LogP contribution in [0, 0.1) is 53.8 Å². The molecule has 0 aromatic carbocycles. The van der Waals surface area contributed by atoms with E-state index in [1.54, 1.807) is 7.11 Å². The lowest BCUT2D eigenvalue weighted by Gasteiger charge is -2.57. The molecule has 31 heavy (non-hydrogen) atoms. The van der Waals surface area contributed by atoms with Gasteiger partial charge in [0.15, 0.2) is 5.82 Å². The monoisotopic (exact) mass is 430 g/mol. The van der Waals surface area contributed by atoms with Crippen LogP contribution in [-0.2, 0) is 11.3 Å². The zero-order valence-corrected chi connectivity index (χ0v) is 20.0. The molecular weight excluding hydrogens is 388 g/mol. The number of aromatic nitrogens is 4. The Balaban J connectivity index is 1.28. The van der Waals surface area contributed by atoms with Crippen molar-refractivity contribution in [2.45, 2.75) is 90.7 Å². The average Bonchev–Trinajstić information content (AvgIpc) is 3.29. The molecule has 1 heterocycles. The van der Waals surface area contributed by atoms with Crippen LogP contribution in [0.1, 0.15) is 77.5 Å². The molecule has 4 saturated carbocycles. The fourth-order valence-electron chi connectivity index (χ4n) is 9.12. The quantitative estimate of drug-likeness (QED) is 0.755. The Hall–Kier alpha value is -1.01. The van der Waals surface area contributed by atoms with Crippen LogP contribution in [0.3, 0.4) is 0 Å². The standard InChI is InChI=1S/C25H42N4O2/c1-16(14-29-27-17(2)26-28-29)22-7-8-23-21-6-5-18-13-25(30,15-31-4)12-10-19(18)20(21)9-11-24(22,23)3/h16,18-23,30H,5-15H2,1-4H3/t16?,18-,19+,20-,21-,22-,23+,24-,25-/m1/s1. The van der Waals surface area contributed by atoms with Gasteiger partial charge in [0.25, 0.3) is 0 Å². The van der Waals surface area contributed by atoms with Crippen LogP contribution in [0.4, 0.5) is 0 Å². The topological polar surface area (TPSA) is 73.1 Å². The van der Waals surface area contributed by atoms with Gasteiger partial charge < -0.3 is 9.84 Å². The minimum atomic E-state index is -0.576. The van der Waals surface area contributed by atoms with Gasteiger partial charge in [0.1, 0.15) is 0 Å². The Morgan fingerprint density at radius 2 is 1.90 bits per heavy atom. The van der Waals surface area contributed by atoms with Crippen molar-refractivity contribution in [2.24, 2.45) is 46.8 Å². The number of nitrogens with zero attached hydrogens (tertiary/aromatic N) is 4. The zero-order chi connectivity index (χ0) is 21.8. The highest BCUT2D eigenvalue weighted by Gasteiger charge is 2.58. The van der Waals surface area contributed by atoms with E-state index in [0.717, 1.165) is 54.8 Å². The maximum atomic E-state index is 11.0. The molecule has 6 nitrogen and oxygen atoms in total. The van der Waals surface area contributed by atoms with Crippen molar-refractivity contribution < 1.29 is 9.84 Å². The van der Waals surface area contributed by atoms with Crippen LogP contribution >= 0.6 is 0 Å². The molecule has 4 fully saturated rings. The summed E-state index contributed by atoms with van der Waals surface area (Å²) >= 11 is 0. The number of fused-ring (bicyclic) bond motifs is 5. The lowest BCUT2D eigenvalue weighted by atomic mass is 9.48. The fourth-order valence-corrected chi connectivity index (χ4v) is 9.12.